The number of rotatable bonds is 5. The van der Waals surface area contributed by atoms with Crippen LogP contribution in [0.1, 0.15) is 15.9 Å². The average Bonchev–Trinajstić information content (AvgIpc) is 3.18. The normalized spacial score (nSPS) is 16.4. The minimum absolute atomic E-state index is 0.0197. The van der Waals surface area contributed by atoms with E-state index in [4.69, 9.17) is 0 Å². The molecule has 0 atom stereocenters. The van der Waals surface area contributed by atoms with Crippen molar-refractivity contribution >= 4 is 44.0 Å². The predicted molar refractivity (Wildman–Crippen MR) is 141 cm³/mol. The molecule has 0 bridgehead atoms. The van der Waals surface area contributed by atoms with Crippen LogP contribution in [0, 0.1) is 0 Å². The lowest BCUT2D eigenvalue weighted by atomic mass is 10.1. The third kappa shape index (κ3) is 4.16. The van der Waals surface area contributed by atoms with Crippen LogP contribution >= 0.6 is 0 Å². The third-order valence-corrected chi connectivity index (χ3v) is 8.84. The number of pyridine rings is 1. The Morgan fingerprint density at radius 3 is 2.30 bits per heavy atom. The second-order valence-electron chi connectivity index (χ2n) is 9.16. The molecule has 1 aromatic heterocycles. The van der Waals surface area contributed by atoms with Gasteiger partial charge in [-0.2, -0.15) is 4.31 Å². The molecule has 3 aromatic carbocycles. The lowest BCUT2D eigenvalue weighted by Gasteiger charge is -2.34. The molecule has 0 radical (unpaired) electrons. The number of aromatic nitrogens is 1. The van der Waals surface area contributed by atoms with Gasteiger partial charge in [-0.25, -0.2) is 13.4 Å². The number of carbonyl (C=O) groups excluding carboxylic acids is 2. The lowest BCUT2D eigenvalue weighted by Crippen LogP contribution is -2.48. The molecule has 37 heavy (non-hydrogen) atoms. The van der Waals surface area contributed by atoms with Crippen molar-refractivity contribution in [3.8, 4) is 0 Å². The molecule has 3 heterocycles. The zero-order chi connectivity index (χ0) is 25.6. The number of carbonyl (C=O) groups is 2. The molecule has 1 amide bonds. The van der Waals surface area contributed by atoms with E-state index in [1.165, 1.54) is 21.3 Å². The molecule has 2 aliphatic heterocycles. The zero-order valence-corrected chi connectivity index (χ0v) is 20.8. The van der Waals surface area contributed by atoms with Gasteiger partial charge in [-0.1, -0.05) is 42.5 Å². The van der Waals surface area contributed by atoms with Gasteiger partial charge in [-0.15, -0.1) is 0 Å². The van der Waals surface area contributed by atoms with Gasteiger partial charge in [0.05, 0.1) is 22.7 Å². The number of amides is 1. The van der Waals surface area contributed by atoms with Crippen molar-refractivity contribution in [3.05, 3.63) is 96.2 Å². The van der Waals surface area contributed by atoms with E-state index in [1.54, 1.807) is 12.3 Å². The minimum atomic E-state index is -3.83. The second kappa shape index (κ2) is 9.10. The molecule has 1 fully saturated rings. The molecule has 9 heteroatoms. The van der Waals surface area contributed by atoms with E-state index >= 15 is 0 Å². The maximum Gasteiger partial charge on any atom is 0.299 e. The van der Waals surface area contributed by atoms with Crippen LogP contribution in [0.3, 0.4) is 0 Å². The molecule has 8 nitrogen and oxygen atoms in total. The first-order valence-corrected chi connectivity index (χ1v) is 13.5. The maximum atomic E-state index is 13.4. The molecular formula is C28H24N4O4S. The van der Waals surface area contributed by atoms with Crippen molar-refractivity contribution in [3.63, 3.8) is 0 Å². The monoisotopic (exact) mass is 512 g/mol. The Bertz CT molecular complexity index is 1630. The van der Waals surface area contributed by atoms with Gasteiger partial charge in [-0.3, -0.25) is 9.59 Å². The number of fused-ring (bicyclic) bond motifs is 2. The molecule has 6 rings (SSSR count). The summed E-state index contributed by atoms with van der Waals surface area (Å²) in [5.74, 6) is -0.526. The average molecular weight is 513 g/mol. The summed E-state index contributed by atoms with van der Waals surface area (Å²) < 4.78 is 28.2. The quantitative estimate of drug-likeness (QED) is 0.381. The lowest BCUT2D eigenvalue weighted by molar-refractivity contribution is -0.114. The SMILES string of the molecule is O=C1C(=O)N(Cc2ccc3ccccc3c2)c2ccc(S(=O)(=O)N3CCN(c4ccccn4)CC3)cc21. The van der Waals surface area contributed by atoms with Crippen LogP contribution in [0.4, 0.5) is 11.5 Å². The number of Topliss-reactive ketones (excluding diaryl/α,β-unsaturated/α-hetero) is 1. The highest BCUT2D eigenvalue weighted by molar-refractivity contribution is 7.89. The molecule has 0 unspecified atom stereocenters. The van der Waals surface area contributed by atoms with Crippen LogP contribution < -0.4 is 9.80 Å². The van der Waals surface area contributed by atoms with Gasteiger partial charge < -0.3 is 9.80 Å². The molecule has 186 valence electrons. The fourth-order valence-electron chi connectivity index (χ4n) is 4.96. The summed E-state index contributed by atoms with van der Waals surface area (Å²) in [5, 5.41) is 2.13. The molecule has 0 aliphatic carbocycles. The number of sulfonamides is 1. The van der Waals surface area contributed by atoms with Crippen LogP contribution in [0.25, 0.3) is 10.8 Å². The summed E-state index contributed by atoms with van der Waals surface area (Å²) in [6.07, 6.45) is 1.71. The zero-order valence-electron chi connectivity index (χ0n) is 19.9. The summed E-state index contributed by atoms with van der Waals surface area (Å²) in [6.45, 7) is 1.86. The van der Waals surface area contributed by atoms with Crippen molar-refractivity contribution in [1.82, 2.24) is 9.29 Å². The summed E-state index contributed by atoms with van der Waals surface area (Å²) in [5.41, 5.74) is 1.44. The number of anilines is 2. The van der Waals surface area contributed by atoms with E-state index in [0.717, 1.165) is 22.2 Å². The van der Waals surface area contributed by atoms with Gasteiger partial charge in [0, 0.05) is 32.4 Å². The highest BCUT2D eigenvalue weighted by Gasteiger charge is 2.38. The van der Waals surface area contributed by atoms with Gasteiger partial charge in [0.2, 0.25) is 10.0 Å². The number of hydrogen-bond acceptors (Lipinski definition) is 6. The van der Waals surface area contributed by atoms with Crippen molar-refractivity contribution in [2.75, 3.05) is 36.0 Å². The second-order valence-corrected chi connectivity index (χ2v) is 11.1. The van der Waals surface area contributed by atoms with Crippen LogP contribution in [0.5, 0.6) is 0 Å². The van der Waals surface area contributed by atoms with E-state index in [9.17, 15) is 18.0 Å². The minimum Gasteiger partial charge on any atom is -0.354 e. The first kappa shape index (κ1) is 23.3. The highest BCUT2D eigenvalue weighted by Crippen LogP contribution is 2.33. The molecule has 2 aliphatic rings. The fourth-order valence-corrected chi connectivity index (χ4v) is 6.41. The Morgan fingerprint density at radius 1 is 0.784 bits per heavy atom. The fraction of sp³-hybridized carbons (Fsp3) is 0.179. The molecule has 1 saturated heterocycles. The Labute approximate surface area is 214 Å². The first-order chi connectivity index (χ1) is 17.9. The largest absolute Gasteiger partial charge is 0.354 e. The van der Waals surface area contributed by atoms with Crippen LogP contribution in [0.2, 0.25) is 0 Å². The summed E-state index contributed by atoms with van der Waals surface area (Å²) in [6, 6.07) is 23.9. The Hall–Kier alpha value is -4.08. The molecule has 0 saturated carbocycles. The van der Waals surface area contributed by atoms with E-state index in [-0.39, 0.29) is 17.0 Å². The predicted octanol–water partition coefficient (Wildman–Crippen LogP) is 3.48. The van der Waals surface area contributed by atoms with Gasteiger partial charge in [0.15, 0.2) is 0 Å². The smallest absolute Gasteiger partial charge is 0.299 e. The van der Waals surface area contributed by atoms with E-state index in [2.05, 4.69) is 4.98 Å². The van der Waals surface area contributed by atoms with Crippen LogP contribution in [-0.2, 0) is 21.4 Å². The molecule has 0 N–H and O–H groups in total. The third-order valence-electron chi connectivity index (χ3n) is 6.95. The van der Waals surface area contributed by atoms with Gasteiger partial charge in [-0.05, 0) is 52.7 Å². The topological polar surface area (TPSA) is 90.9 Å². The number of hydrogen-bond donors (Lipinski definition) is 0. The first-order valence-electron chi connectivity index (χ1n) is 12.1. The van der Waals surface area contributed by atoms with Crippen molar-refractivity contribution in [2.45, 2.75) is 11.4 Å². The Kier molecular flexibility index (Phi) is 5.73. The Balaban J connectivity index is 1.23. The molecular weight excluding hydrogens is 488 g/mol. The number of piperazine rings is 1. The number of benzene rings is 3. The molecule has 0 spiro atoms. The molecule has 4 aromatic rings. The summed E-state index contributed by atoms with van der Waals surface area (Å²) >= 11 is 0. The van der Waals surface area contributed by atoms with Crippen molar-refractivity contribution in [1.29, 1.82) is 0 Å². The van der Waals surface area contributed by atoms with E-state index in [1.807, 2.05) is 65.6 Å². The van der Waals surface area contributed by atoms with E-state index in [0.29, 0.717) is 31.9 Å². The standard InChI is InChI=1S/C28H24N4O4S/c33-27-24-18-23(37(35,36)31-15-13-30(14-16-31)26-7-3-4-12-29-26)10-11-25(24)32(28(27)34)19-20-8-9-21-5-1-2-6-22(21)17-20/h1-12,17-18H,13-16,19H2. The van der Waals surface area contributed by atoms with E-state index < -0.39 is 21.7 Å². The van der Waals surface area contributed by atoms with Gasteiger partial charge in [0.25, 0.3) is 11.7 Å². The van der Waals surface area contributed by atoms with Crippen molar-refractivity contribution < 1.29 is 18.0 Å². The van der Waals surface area contributed by atoms with Crippen LogP contribution in [-0.4, -0.2) is 55.6 Å². The number of ketones is 1. The number of nitrogens with zero attached hydrogens (tertiary/aromatic N) is 4. The summed E-state index contributed by atoms with van der Waals surface area (Å²) in [7, 11) is -3.83. The van der Waals surface area contributed by atoms with Gasteiger partial charge >= 0.3 is 0 Å². The highest BCUT2D eigenvalue weighted by atomic mass is 32.2. The summed E-state index contributed by atoms with van der Waals surface area (Å²) in [4.78, 5) is 33.5. The Morgan fingerprint density at radius 2 is 1.54 bits per heavy atom. The maximum absolute atomic E-state index is 13.4. The van der Waals surface area contributed by atoms with Crippen molar-refractivity contribution in [2.24, 2.45) is 0 Å². The van der Waals surface area contributed by atoms with Gasteiger partial charge in [0.1, 0.15) is 5.82 Å². The van der Waals surface area contributed by atoms with Crippen LogP contribution in [0.15, 0.2) is 90.0 Å².